The lowest BCUT2D eigenvalue weighted by Gasteiger charge is -2.38. The van der Waals surface area contributed by atoms with Crippen molar-refractivity contribution >= 4 is 17.5 Å². The van der Waals surface area contributed by atoms with E-state index in [1.165, 1.54) is 5.56 Å². The first kappa shape index (κ1) is 18.7. The molecule has 0 unspecified atom stereocenters. The molecule has 0 radical (unpaired) electrons. The Kier molecular flexibility index (Phi) is 4.29. The molecule has 2 heterocycles. The minimum atomic E-state index is -0.510. The second-order valence-corrected chi connectivity index (χ2v) is 8.78. The molecule has 0 bridgehead atoms. The topological polar surface area (TPSA) is 42.0 Å². The molecule has 148 valence electrons. The molecule has 1 fully saturated rings. The molecule has 2 atom stereocenters. The summed E-state index contributed by atoms with van der Waals surface area (Å²) in [7, 11) is 1.67. The van der Waals surface area contributed by atoms with Gasteiger partial charge in [-0.05, 0) is 64.4 Å². The Bertz CT molecular complexity index is 887. The molecule has 0 spiro atoms. The van der Waals surface area contributed by atoms with Gasteiger partial charge in [-0.3, -0.25) is 4.90 Å². The van der Waals surface area contributed by atoms with Gasteiger partial charge in [0.2, 0.25) is 0 Å². The number of benzene rings is 2. The van der Waals surface area contributed by atoms with Gasteiger partial charge in [-0.15, -0.1) is 0 Å². The Labute approximate surface area is 166 Å². The molecule has 28 heavy (non-hydrogen) atoms. The summed E-state index contributed by atoms with van der Waals surface area (Å²) in [5.74, 6) is 0.833. The molecule has 2 aliphatic heterocycles. The zero-order valence-electron chi connectivity index (χ0n) is 17.2. The van der Waals surface area contributed by atoms with E-state index in [0.29, 0.717) is 6.54 Å². The summed E-state index contributed by atoms with van der Waals surface area (Å²) in [6.45, 7) is 8.65. The van der Waals surface area contributed by atoms with Crippen molar-refractivity contribution in [3.63, 3.8) is 0 Å². The number of methoxy groups -OCH3 is 1. The number of ether oxygens (including phenoxy) is 2. The van der Waals surface area contributed by atoms with Crippen LogP contribution in [0.15, 0.2) is 48.5 Å². The highest BCUT2D eigenvalue weighted by Crippen LogP contribution is 2.57. The van der Waals surface area contributed by atoms with Crippen molar-refractivity contribution in [1.82, 2.24) is 4.90 Å². The maximum absolute atomic E-state index is 13.0. The fraction of sp³-hybridized carbons (Fsp3) is 0.435. The van der Waals surface area contributed by atoms with Crippen LogP contribution in [0.4, 0.5) is 16.2 Å². The van der Waals surface area contributed by atoms with E-state index in [0.717, 1.165) is 23.5 Å². The van der Waals surface area contributed by atoms with Crippen LogP contribution in [0.2, 0.25) is 0 Å². The van der Waals surface area contributed by atoms with Gasteiger partial charge in [0.05, 0.1) is 18.7 Å². The fourth-order valence-electron chi connectivity index (χ4n) is 4.57. The van der Waals surface area contributed by atoms with Gasteiger partial charge < -0.3 is 14.4 Å². The van der Waals surface area contributed by atoms with Crippen molar-refractivity contribution in [3.8, 4) is 5.75 Å². The van der Waals surface area contributed by atoms with E-state index in [1.807, 2.05) is 43.9 Å². The second-order valence-electron chi connectivity index (χ2n) is 8.78. The van der Waals surface area contributed by atoms with E-state index >= 15 is 0 Å². The molecule has 1 amide bonds. The molecule has 5 nitrogen and oxygen atoms in total. The highest BCUT2D eigenvalue weighted by atomic mass is 16.6. The molecule has 2 aromatic rings. The van der Waals surface area contributed by atoms with Gasteiger partial charge in [-0.1, -0.05) is 18.2 Å². The molecule has 0 aromatic heterocycles. The van der Waals surface area contributed by atoms with Crippen LogP contribution >= 0.6 is 0 Å². The highest BCUT2D eigenvalue weighted by molar-refractivity contribution is 5.79. The van der Waals surface area contributed by atoms with Crippen LogP contribution in [-0.4, -0.2) is 35.8 Å². The summed E-state index contributed by atoms with van der Waals surface area (Å²) in [4.78, 5) is 17.2. The van der Waals surface area contributed by atoms with Crippen LogP contribution in [0, 0.1) is 0 Å². The SMILES string of the molecule is COc1ccc(N2c3ccccc3[C@@H]3N(C(=O)OC(C)(C)C)CC[C@@]32C)cc1. The number of likely N-dealkylation sites (tertiary alicyclic amines) is 1. The van der Waals surface area contributed by atoms with E-state index in [4.69, 9.17) is 9.47 Å². The molecule has 2 aliphatic rings. The van der Waals surface area contributed by atoms with Crippen molar-refractivity contribution in [2.45, 2.75) is 51.3 Å². The molecule has 2 aromatic carbocycles. The number of fused-ring (bicyclic) bond motifs is 3. The van der Waals surface area contributed by atoms with Gasteiger partial charge in [0.25, 0.3) is 0 Å². The Balaban J connectivity index is 1.76. The number of nitrogens with zero attached hydrogens (tertiary/aromatic N) is 2. The Morgan fingerprint density at radius 3 is 2.43 bits per heavy atom. The predicted molar refractivity (Wildman–Crippen MR) is 110 cm³/mol. The highest BCUT2D eigenvalue weighted by Gasteiger charge is 2.57. The standard InChI is InChI=1S/C23H28N2O3/c1-22(2,3)28-21(26)24-15-14-23(4)20(24)18-8-6-7-9-19(18)25(23)16-10-12-17(27-5)13-11-16/h6-13,20H,14-15H2,1-5H3/t20-,23-/m0/s1. The molecule has 0 aliphatic carbocycles. The lowest BCUT2D eigenvalue weighted by atomic mass is 9.90. The van der Waals surface area contributed by atoms with Gasteiger partial charge >= 0.3 is 6.09 Å². The van der Waals surface area contributed by atoms with Gasteiger partial charge in [0.15, 0.2) is 0 Å². The summed E-state index contributed by atoms with van der Waals surface area (Å²) < 4.78 is 11.0. The molecule has 5 heteroatoms. The van der Waals surface area contributed by atoms with Crippen LogP contribution in [0.3, 0.4) is 0 Å². The van der Waals surface area contributed by atoms with Crippen LogP contribution in [0.1, 0.15) is 45.7 Å². The molecular weight excluding hydrogens is 352 g/mol. The first-order valence-electron chi connectivity index (χ1n) is 9.77. The van der Waals surface area contributed by atoms with E-state index in [9.17, 15) is 4.79 Å². The zero-order valence-corrected chi connectivity index (χ0v) is 17.2. The molecule has 0 N–H and O–H groups in total. The third-order valence-corrected chi connectivity index (χ3v) is 5.70. The Hall–Kier alpha value is -2.69. The van der Waals surface area contributed by atoms with Gasteiger partial charge in [0.1, 0.15) is 11.4 Å². The van der Waals surface area contributed by atoms with Gasteiger partial charge in [0, 0.05) is 23.5 Å². The van der Waals surface area contributed by atoms with Crippen LogP contribution in [0.25, 0.3) is 0 Å². The van der Waals surface area contributed by atoms with Crippen LogP contribution in [-0.2, 0) is 4.74 Å². The van der Waals surface area contributed by atoms with E-state index in [1.54, 1.807) is 7.11 Å². The monoisotopic (exact) mass is 380 g/mol. The molecule has 1 saturated heterocycles. The van der Waals surface area contributed by atoms with Crippen molar-refractivity contribution < 1.29 is 14.3 Å². The predicted octanol–water partition coefficient (Wildman–Crippen LogP) is 5.29. The number of carbonyl (C=O) groups is 1. The Morgan fingerprint density at radius 1 is 1.11 bits per heavy atom. The maximum Gasteiger partial charge on any atom is 0.410 e. The van der Waals surface area contributed by atoms with Gasteiger partial charge in [-0.25, -0.2) is 4.79 Å². The average molecular weight is 380 g/mol. The van der Waals surface area contributed by atoms with E-state index < -0.39 is 5.60 Å². The maximum atomic E-state index is 13.0. The zero-order chi connectivity index (χ0) is 20.1. The third-order valence-electron chi connectivity index (χ3n) is 5.70. The third kappa shape index (κ3) is 2.89. The van der Waals surface area contributed by atoms with Crippen LogP contribution < -0.4 is 9.64 Å². The average Bonchev–Trinajstić information content (AvgIpc) is 3.11. The summed E-state index contributed by atoms with van der Waals surface area (Å²) in [6, 6.07) is 16.4. The fourth-order valence-corrected chi connectivity index (χ4v) is 4.57. The normalized spacial score (nSPS) is 23.4. The molecule has 0 saturated carbocycles. The van der Waals surface area contributed by atoms with E-state index in [-0.39, 0.29) is 17.7 Å². The minimum absolute atomic E-state index is 0.0411. The molecule has 4 rings (SSSR count). The summed E-state index contributed by atoms with van der Waals surface area (Å²) in [5, 5.41) is 0. The number of hydrogen-bond acceptors (Lipinski definition) is 4. The summed E-state index contributed by atoms with van der Waals surface area (Å²) in [5.41, 5.74) is 2.68. The number of hydrogen-bond donors (Lipinski definition) is 0. The van der Waals surface area contributed by atoms with Crippen molar-refractivity contribution in [1.29, 1.82) is 0 Å². The first-order valence-corrected chi connectivity index (χ1v) is 9.77. The minimum Gasteiger partial charge on any atom is -0.497 e. The lowest BCUT2D eigenvalue weighted by Crippen LogP contribution is -2.44. The number of amides is 1. The smallest absolute Gasteiger partial charge is 0.410 e. The van der Waals surface area contributed by atoms with Crippen molar-refractivity contribution in [2.75, 3.05) is 18.6 Å². The summed E-state index contributed by atoms with van der Waals surface area (Å²) in [6.07, 6.45) is 0.630. The van der Waals surface area contributed by atoms with Gasteiger partial charge in [-0.2, -0.15) is 0 Å². The van der Waals surface area contributed by atoms with Crippen molar-refractivity contribution in [2.24, 2.45) is 0 Å². The number of carbonyl (C=O) groups excluding carboxylic acids is 1. The number of para-hydroxylation sites is 1. The van der Waals surface area contributed by atoms with E-state index in [2.05, 4.69) is 42.2 Å². The largest absolute Gasteiger partial charge is 0.497 e. The van der Waals surface area contributed by atoms with Crippen molar-refractivity contribution in [3.05, 3.63) is 54.1 Å². The first-order chi connectivity index (χ1) is 13.2. The number of rotatable bonds is 2. The summed E-state index contributed by atoms with van der Waals surface area (Å²) >= 11 is 0. The second kappa shape index (κ2) is 6.43. The van der Waals surface area contributed by atoms with Crippen LogP contribution in [0.5, 0.6) is 5.75 Å². The lowest BCUT2D eigenvalue weighted by molar-refractivity contribution is 0.0208. The number of anilines is 2. The molecular formula is C23H28N2O3. The Morgan fingerprint density at radius 2 is 1.79 bits per heavy atom. The quantitative estimate of drug-likeness (QED) is 0.710.